The highest BCUT2D eigenvalue weighted by atomic mass is 35.5. The Morgan fingerprint density at radius 1 is 1.14 bits per heavy atom. The number of hydrogen-bond donors (Lipinski definition) is 2. The van der Waals surface area contributed by atoms with Crippen LogP contribution in [0.1, 0.15) is 42.2 Å². The fourth-order valence-corrected chi connectivity index (χ4v) is 4.83. The number of nitrogens with zero attached hydrogens (tertiary/aromatic N) is 3. The van der Waals surface area contributed by atoms with Gasteiger partial charge in [-0.1, -0.05) is 6.07 Å². The maximum absolute atomic E-state index is 11.0. The molecule has 0 saturated heterocycles. The number of hydrogen-bond acceptors (Lipinski definition) is 6. The van der Waals surface area contributed by atoms with E-state index in [-0.39, 0.29) is 6.04 Å². The Balaban J connectivity index is 1.44. The highest BCUT2D eigenvalue weighted by Crippen LogP contribution is 2.37. The van der Waals surface area contributed by atoms with Gasteiger partial charge >= 0.3 is 5.37 Å². The van der Waals surface area contributed by atoms with Crippen molar-refractivity contribution >= 4 is 39.9 Å². The maximum atomic E-state index is 11.0. The monoisotopic (exact) mass is 427 g/mol. The highest BCUT2D eigenvalue weighted by molar-refractivity contribution is 7.15. The van der Waals surface area contributed by atoms with Crippen molar-refractivity contribution in [1.29, 1.82) is 0 Å². The predicted molar refractivity (Wildman–Crippen MR) is 117 cm³/mol. The van der Waals surface area contributed by atoms with E-state index in [0.717, 1.165) is 58.5 Å². The van der Waals surface area contributed by atoms with Crippen LogP contribution < -0.4 is 10.6 Å². The first kappa shape index (κ1) is 19.8. The molecule has 1 aliphatic carbocycles. The molecule has 0 aromatic carbocycles. The molecule has 3 heterocycles. The molecule has 1 saturated carbocycles. The molecule has 29 heavy (non-hydrogen) atoms. The normalized spacial score (nSPS) is 19.0. The molecule has 1 amide bonds. The molecule has 2 N–H and O–H groups in total. The number of pyridine rings is 2. The van der Waals surface area contributed by atoms with Gasteiger partial charge in [-0.3, -0.25) is 4.79 Å². The lowest BCUT2D eigenvalue weighted by atomic mass is 9.86. The molecule has 8 heteroatoms. The molecule has 150 valence electrons. The van der Waals surface area contributed by atoms with Crippen molar-refractivity contribution in [3.8, 4) is 10.6 Å². The second-order valence-electron chi connectivity index (χ2n) is 7.28. The summed E-state index contributed by atoms with van der Waals surface area (Å²) in [4.78, 5) is 25.8. The van der Waals surface area contributed by atoms with Gasteiger partial charge in [0.15, 0.2) is 0 Å². The first-order valence-corrected chi connectivity index (χ1v) is 10.8. The van der Waals surface area contributed by atoms with Gasteiger partial charge in [-0.05, 0) is 74.0 Å². The zero-order chi connectivity index (χ0) is 20.2. The van der Waals surface area contributed by atoms with Gasteiger partial charge in [-0.2, -0.15) is 0 Å². The van der Waals surface area contributed by atoms with Crippen LogP contribution in [0.3, 0.4) is 0 Å². The van der Waals surface area contributed by atoms with E-state index >= 15 is 0 Å². The van der Waals surface area contributed by atoms with E-state index in [9.17, 15) is 4.79 Å². The standard InChI is InChI=1S/C21H22ClN5OS/c1-13-9-10-23-19(11-13)27-18-4-2-3-16(26-18)17-12-24-20(29-17)14-5-7-15(8-6-14)25-21(22)28/h2-4,9-12,14-15H,5-8H2,1H3,(H,25,28)(H,23,26,27). The minimum Gasteiger partial charge on any atom is -0.340 e. The second kappa shape index (κ2) is 8.88. The highest BCUT2D eigenvalue weighted by Gasteiger charge is 2.25. The van der Waals surface area contributed by atoms with E-state index in [4.69, 9.17) is 16.6 Å². The smallest absolute Gasteiger partial charge is 0.314 e. The first-order chi connectivity index (χ1) is 14.1. The fraction of sp³-hybridized carbons (Fsp3) is 0.333. The number of nitrogens with one attached hydrogen (secondary N) is 2. The van der Waals surface area contributed by atoms with Crippen LogP contribution in [0.2, 0.25) is 0 Å². The average molecular weight is 428 g/mol. The number of aryl methyl sites for hydroxylation is 1. The van der Waals surface area contributed by atoms with Gasteiger partial charge in [0.2, 0.25) is 0 Å². The van der Waals surface area contributed by atoms with Crippen molar-refractivity contribution in [2.75, 3.05) is 5.32 Å². The molecule has 3 aromatic heterocycles. The molecule has 0 radical (unpaired) electrons. The van der Waals surface area contributed by atoms with Crippen LogP contribution in [-0.2, 0) is 0 Å². The lowest BCUT2D eigenvalue weighted by Gasteiger charge is -2.27. The van der Waals surface area contributed by atoms with Gasteiger partial charge in [0.05, 0.1) is 15.6 Å². The third kappa shape index (κ3) is 5.10. The van der Waals surface area contributed by atoms with Gasteiger partial charge in [-0.15, -0.1) is 11.3 Å². The van der Waals surface area contributed by atoms with Gasteiger partial charge < -0.3 is 10.6 Å². The van der Waals surface area contributed by atoms with Crippen LogP contribution in [0.4, 0.5) is 16.4 Å². The van der Waals surface area contributed by atoms with Crippen LogP contribution in [0.5, 0.6) is 0 Å². The number of carbonyl (C=O) groups is 1. The molecule has 0 unspecified atom stereocenters. The van der Waals surface area contributed by atoms with Crippen molar-refractivity contribution in [1.82, 2.24) is 20.3 Å². The maximum Gasteiger partial charge on any atom is 0.314 e. The Morgan fingerprint density at radius 2 is 1.97 bits per heavy atom. The Hall–Kier alpha value is -2.51. The molecular formula is C21H22ClN5OS. The van der Waals surface area contributed by atoms with Crippen molar-refractivity contribution in [3.05, 3.63) is 53.3 Å². The van der Waals surface area contributed by atoms with E-state index in [2.05, 4.69) is 20.6 Å². The van der Waals surface area contributed by atoms with Crippen LogP contribution in [0.15, 0.2) is 42.7 Å². The van der Waals surface area contributed by atoms with Crippen molar-refractivity contribution in [2.24, 2.45) is 0 Å². The fourth-order valence-electron chi connectivity index (χ4n) is 3.62. The van der Waals surface area contributed by atoms with Gasteiger partial charge in [0.25, 0.3) is 0 Å². The molecular weight excluding hydrogens is 406 g/mol. The summed E-state index contributed by atoms with van der Waals surface area (Å²) in [5.41, 5.74) is 2.04. The Morgan fingerprint density at radius 3 is 2.72 bits per heavy atom. The summed E-state index contributed by atoms with van der Waals surface area (Å²) in [6.07, 6.45) is 7.55. The SMILES string of the molecule is Cc1ccnc(Nc2cccc(-c3cnc(C4CCC(NC(=O)Cl)CC4)s3)n2)c1. The number of halogens is 1. The van der Waals surface area contributed by atoms with Crippen molar-refractivity contribution < 1.29 is 4.79 Å². The molecule has 4 rings (SSSR count). The molecule has 0 atom stereocenters. The summed E-state index contributed by atoms with van der Waals surface area (Å²) < 4.78 is 0. The summed E-state index contributed by atoms with van der Waals surface area (Å²) in [7, 11) is 0. The zero-order valence-corrected chi connectivity index (χ0v) is 17.6. The molecule has 1 fully saturated rings. The number of aromatic nitrogens is 3. The molecule has 3 aromatic rings. The van der Waals surface area contributed by atoms with Gasteiger partial charge in [0.1, 0.15) is 11.6 Å². The third-order valence-electron chi connectivity index (χ3n) is 5.09. The minimum atomic E-state index is -0.467. The third-order valence-corrected chi connectivity index (χ3v) is 6.38. The summed E-state index contributed by atoms with van der Waals surface area (Å²) >= 11 is 7.13. The number of anilines is 2. The van der Waals surface area contributed by atoms with Crippen LogP contribution in [0.25, 0.3) is 10.6 Å². The number of carbonyl (C=O) groups excluding carboxylic acids is 1. The molecule has 6 nitrogen and oxygen atoms in total. The van der Waals surface area contributed by atoms with E-state index in [1.165, 1.54) is 0 Å². The van der Waals surface area contributed by atoms with E-state index in [0.29, 0.717) is 5.92 Å². The number of amides is 1. The van der Waals surface area contributed by atoms with Crippen LogP contribution in [0, 0.1) is 6.92 Å². The summed E-state index contributed by atoms with van der Waals surface area (Å²) in [5, 5.41) is 6.73. The molecule has 0 bridgehead atoms. The summed E-state index contributed by atoms with van der Waals surface area (Å²) in [6, 6.07) is 10.0. The van der Waals surface area contributed by atoms with E-state index in [1.807, 2.05) is 43.5 Å². The second-order valence-corrected chi connectivity index (χ2v) is 8.69. The molecule has 0 spiro atoms. The topological polar surface area (TPSA) is 79.8 Å². The van der Waals surface area contributed by atoms with Gasteiger partial charge in [0, 0.05) is 24.4 Å². The van der Waals surface area contributed by atoms with Crippen LogP contribution >= 0.6 is 22.9 Å². The quantitative estimate of drug-likeness (QED) is 0.407. The molecule has 1 aliphatic rings. The number of thiazole rings is 1. The Kier molecular flexibility index (Phi) is 6.06. The Bertz CT molecular complexity index is 1000. The minimum absolute atomic E-state index is 0.176. The van der Waals surface area contributed by atoms with Gasteiger partial charge in [-0.25, -0.2) is 15.0 Å². The lowest BCUT2D eigenvalue weighted by molar-refractivity contribution is 0.250. The van der Waals surface area contributed by atoms with E-state index < -0.39 is 5.37 Å². The Labute approximate surface area is 178 Å². The van der Waals surface area contributed by atoms with E-state index in [1.54, 1.807) is 17.5 Å². The van der Waals surface area contributed by atoms with Crippen LogP contribution in [-0.4, -0.2) is 26.4 Å². The lowest BCUT2D eigenvalue weighted by Crippen LogP contribution is -2.34. The van der Waals surface area contributed by atoms with Crippen molar-refractivity contribution in [3.63, 3.8) is 0 Å². The average Bonchev–Trinajstić information content (AvgIpc) is 3.19. The number of rotatable bonds is 5. The zero-order valence-electron chi connectivity index (χ0n) is 16.1. The summed E-state index contributed by atoms with van der Waals surface area (Å²) in [5.74, 6) is 1.96. The van der Waals surface area contributed by atoms with Crippen molar-refractivity contribution in [2.45, 2.75) is 44.6 Å². The summed E-state index contributed by atoms with van der Waals surface area (Å²) in [6.45, 7) is 2.03. The predicted octanol–water partition coefficient (Wildman–Crippen LogP) is 5.63. The largest absolute Gasteiger partial charge is 0.340 e. The molecule has 0 aliphatic heterocycles. The first-order valence-electron chi connectivity index (χ1n) is 9.65.